The summed E-state index contributed by atoms with van der Waals surface area (Å²) in [6.45, 7) is 0. The molecule has 8 aromatic rings. The molecule has 0 heterocycles. The molecular weight excluding hydrogens is 668 g/mol. The molecule has 5 heteroatoms. The van der Waals surface area contributed by atoms with Crippen molar-refractivity contribution in [2.75, 3.05) is 5.73 Å². The maximum atomic E-state index is 15.6. The molecule has 0 radical (unpaired) electrons. The Morgan fingerprint density at radius 3 is 1.50 bits per heavy atom. The fourth-order valence-electron chi connectivity index (χ4n) is 8.44. The number of fused-ring (bicyclic) bond motifs is 3. The average Bonchev–Trinajstić information content (AvgIpc) is 3.52. The van der Waals surface area contributed by atoms with Crippen molar-refractivity contribution in [2.45, 2.75) is 5.41 Å². The zero-order chi connectivity index (χ0) is 36.8. The molecule has 0 bridgehead atoms. The van der Waals surface area contributed by atoms with Crippen LogP contribution in [0, 0.1) is 15.9 Å². The molecule has 1 aliphatic rings. The number of nitro groups is 1. The van der Waals surface area contributed by atoms with Gasteiger partial charge in [0.1, 0.15) is 0 Å². The van der Waals surface area contributed by atoms with E-state index in [1.165, 1.54) is 39.9 Å². The van der Waals surface area contributed by atoms with Crippen LogP contribution in [0.3, 0.4) is 0 Å². The Hall–Kier alpha value is -7.11. The summed E-state index contributed by atoms with van der Waals surface area (Å²) < 4.78 is 15.6. The lowest BCUT2D eigenvalue weighted by molar-refractivity contribution is -0.387. The third kappa shape index (κ3) is 5.05. The predicted molar refractivity (Wildman–Crippen MR) is 217 cm³/mol. The summed E-state index contributed by atoms with van der Waals surface area (Å²) in [5.41, 5.74) is 19.8. The van der Waals surface area contributed by atoms with Gasteiger partial charge in [0.15, 0.2) is 0 Å². The van der Waals surface area contributed by atoms with E-state index in [2.05, 4.69) is 109 Å². The molecule has 0 aromatic heterocycles. The molecule has 8 aromatic carbocycles. The Morgan fingerprint density at radius 2 is 0.889 bits per heavy atom. The van der Waals surface area contributed by atoms with Crippen molar-refractivity contribution in [3.63, 3.8) is 0 Å². The van der Waals surface area contributed by atoms with Gasteiger partial charge in [0.25, 0.3) is 0 Å². The van der Waals surface area contributed by atoms with E-state index in [0.29, 0.717) is 11.3 Å². The van der Waals surface area contributed by atoms with E-state index in [0.717, 1.165) is 38.9 Å². The van der Waals surface area contributed by atoms with Crippen LogP contribution >= 0.6 is 0 Å². The molecule has 9 rings (SSSR count). The monoisotopic (exact) mass is 700 g/mol. The second-order valence-corrected chi connectivity index (χ2v) is 13.5. The van der Waals surface area contributed by atoms with Gasteiger partial charge in [-0.15, -0.1) is 0 Å². The van der Waals surface area contributed by atoms with E-state index < -0.39 is 21.8 Å². The van der Waals surface area contributed by atoms with Crippen LogP contribution in [-0.4, -0.2) is 4.92 Å². The van der Waals surface area contributed by atoms with E-state index in [-0.39, 0.29) is 5.56 Å². The van der Waals surface area contributed by atoms with Gasteiger partial charge in [-0.1, -0.05) is 176 Å². The highest BCUT2D eigenvalue weighted by atomic mass is 19.1. The lowest BCUT2D eigenvalue weighted by atomic mass is 9.67. The van der Waals surface area contributed by atoms with Crippen molar-refractivity contribution < 1.29 is 9.31 Å². The first-order chi connectivity index (χ1) is 26.5. The van der Waals surface area contributed by atoms with Crippen LogP contribution in [0.15, 0.2) is 188 Å². The first-order valence-electron chi connectivity index (χ1n) is 17.8. The number of anilines is 1. The Morgan fingerprint density at radius 1 is 0.444 bits per heavy atom. The molecule has 0 amide bonds. The largest absolute Gasteiger partial charge is 0.398 e. The van der Waals surface area contributed by atoms with Gasteiger partial charge < -0.3 is 5.73 Å². The van der Waals surface area contributed by atoms with Crippen molar-refractivity contribution >= 4 is 11.4 Å². The third-order valence-corrected chi connectivity index (χ3v) is 10.8. The quantitative estimate of drug-likeness (QED) is 0.102. The highest BCUT2D eigenvalue weighted by Crippen LogP contribution is 2.57. The Kier molecular flexibility index (Phi) is 7.98. The van der Waals surface area contributed by atoms with Crippen LogP contribution in [-0.2, 0) is 5.41 Å². The first kappa shape index (κ1) is 32.8. The highest BCUT2D eigenvalue weighted by Gasteiger charge is 2.46. The molecule has 0 aliphatic heterocycles. The van der Waals surface area contributed by atoms with Crippen LogP contribution in [0.4, 0.5) is 15.8 Å². The molecule has 0 saturated heterocycles. The number of hydrogen-bond donors (Lipinski definition) is 1. The molecule has 4 nitrogen and oxygen atoms in total. The highest BCUT2D eigenvalue weighted by molar-refractivity contribution is 5.98. The topological polar surface area (TPSA) is 69.2 Å². The molecule has 258 valence electrons. The summed E-state index contributed by atoms with van der Waals surface area (Å²) in [6.07, 6.45) is 0. The smallest absolute Gasteiger partial charge is 0.305 e. The molecule has 0 spiro atoms. The van der Waals surface area contributed by atoms with E-state index in [1.54, 1.807) is 12.1 Å². The van der Waals surface area contributed by atoms with Crippen LogP contribution in [0.5, 0.6) is 0 Å². The van der Waals surface area contributed by atoms with E-state index in [1.807, 2.05) is 54.6 Å². The average molecular weight is 701 g/mol. The molecule has 0 saturated carbocycles. The molecule has 54 heavy (non-hydrogen) atoms. The summed E-state index contributed by atoms with van der Waals surface area (Å²) in [7, 11) is 0. The Labute approximate surface area is 312 Å². The van der Waals surface area contributed by atoms with E-state index >= 15 is 4.39 Å². The van der Waals surface area contributed by atoms with Crippen molar-refractivity contribution in [2.24, 2.45) is 0 Å². The molecule has 1 aliphatic carbocycles. The fourth-order valence-corrected chi connectivity index (χ4v) is 8.44. The third-order valence-electron chi connectivity index (χ3n) is 10.8. The summed E-state index contributed by atoms with van der Waals surface area (Å²) in [4.78, 5) is 10.9. The maximum Gasteiger partial charge on any atom is 0.305 e. The minimum absolute atomic E-state index is 0.164. The molecular formula is C49H33FN2O2. The van der Waals surface area contributed by atoms with Crippen molar-refractivity contribution in [1.29, 1.82) is 0 Å². The summed E-state index contributed by atoms with van der Waals surface area (Å²) in [5, 5.41) is 11.6. The van der Waals surface area contributed by atoms with Gasteiger partial charge in [-0.05, 0) is 67.3 Å². The van der Waals surface area contributed by atoms with Crippen molar-refractivity contribution in [3.8, 4) is 55.6 Å². The maximum absolute atomic E-state index is 15.6. The second-order valence-electron chi connectivity index (χ2n) is 13.5. The Bertz CT molecular complexity index is 2690. The number of hydrogen-bond acceptors (Lipinski definition) is 3. The molecule has 0 unspecified atom stereocenters. The number of benzene rings is 8. The molecule has 2 N–H and O–H groups in total. The van der Waals surface area contributed by atoms with Crippen LogP contribution in [0.2, 0.25) is 0 Å². The van der Waals surface area contributed by atoms with E-state index in [9.17, 15) is 10.1 Å². The SMILES string of the molecule is Nc1c(-c2ccc3c(c2)-c2ccccc2C3(c2ccccc2)c2ccccc2)cccc1-c1ccccc1-c1ccccc1-c1cccc([N+](=O)[O-])c1F. The lowest BCUT2D eigenvalue weighted by Crippen LogP contribution is -2.28. The minimum Gasteiger partial charge on any atom is -0.398 e. The lowest BCUT2D eigenvalue weighted by Gasteiger charge is -2.33. The van der Waals surface area contributed by atoms with Gasteiger partial charge in [0, 0.05) is 28.4 Å². The van der Waals surface area contributed by atoms with Crippen LogP contribution in [0.25, 0.3) is 55.6 Å². The van der Waals surface area contributed by atoms with Crippen LogP contribution in [0.1, 0.15) is 22.3 Å². The number of nitrogens with two attached hydrogens (primary N) is 1. The van der Waals surface area contributed by atoms with Gasteiger partial charge in [0.2, 0.25) is 5.82 Å². The Balaban J connectivity index is 1.20. The minimum atomic E-state index is -0.865. The number of rotatable bonds is 7. The number of nitrogen functional groups attached to an aromatic ring is 1. The van der Waals surface area contributed by atoms with Gasteiger partial charge in [-0.25, -0.2) is 0 Å². The van der Waals surface area contributed by atoms with Gasteiger partial charge in [0.05, 0.1) is 10.3 Å². The number of nitrogens with zero attached hydrogens (tertiary/aromatic N) is 1. The van der Waals surface area contributed by atoms with Crippen molar-refractivity contribution in [3.05, 3.63) is 226 Å². The zero-order valence-electron chi connectivity index (χ0n) is 29.1. The predicted octanol–water partition coefficient (Wildman–Crippen LogP) is 12.3. The second kappa shape index (κ2) is 13.1. The van der Waals surface area contributed by atoms with Crippen molar-refractivity contribution in [1.82, 2.24) is 0 Å². The summed E-state index contributed by atoms with van der Waals surface area (Å²) in [6, 6.07) is 62.5. The summed E-state index contributed by atoms with van der Waals surface area (Å²) >= 11 is 0. The standard InChI is InChI=1S/C49H33FN2O2/c50-47-41(25-14-28-46(47)52(53)54)38-21-9-7-19-36(38)37-20-8-10-22-39(37)42-26-13-24-35(48(42)51)32-29-30-45-43(31-32)40-23-11-12-27-44(40)49(45,33-15-3-1-4-16-33)34-17-5-2-6-18-34/h1-31H,51H2. The van der Waals surface area contributed by atoms with Gasteiger partial charge in [-0.2, -0.15) is 4.39 Å². The molecule has 0 atom stereocenters. The van der Waals surface area contributed by atoms with Gasteiger partial charge >= 0.3 is 5.69 Å². The van der Waals surface area contributed by atoms with Gasteiger partial charge in [-0.3, -0.25) is 10.1 Å². The number of para-hydroxylation sites is 1. The number of halogens is 1. The molecule has 0 fully saturated rings. The fraction of sp³-hybridized carbons (Fsp3) is 0.0204. The summed E-state index contributed by atoms with van der Waals surface area (Å²) in [5.74, 6) is -0.865. The zero-order valence-corrected chi connectivity index (χ0v) is 29.1. The number of nitro benzene ring substituents is 1. The first-order valence-corrected chi connectivity index (χ1v) is 17.8. The normalized spacial score (nSPS) is 12.5. The van der Waals surface area contributed by atoms with Crippen LogP contribution < -0.4 is 5.73 Å². The van der Waals surface area contributed by atoms with E-state index in [4.69, 9.17) is 5.73 Å².